The van der Waals surface area contributed by atoms with Gasteiger partial charge in [-0.15, -0.1) is 20.5 Å². The van der Waals surface area contributed by atoms with E-state index in [1.165, 1.54) is 74.6 Å². The van der Waals surface area contributed by atoms with Gasteiger partial charge in [-0.2, -0.15) is 10.2 Å². The summed E-state index contributed by atoms with van der Waals surface area (Å²) in [7, 11) is 0. The number of unbranched alkanes of at least 4 members (excludes halogenated alkanes) is 6. The highest BCUT2D eigenvalue weighted by Crippen LogP contribution is 2.40. The lowest BCUT2D eigenvalue weighted by Gasteiger charge is -2.32. The van der Waals surface area contributed by atoms with Crippen LogP contribution in [0.2, 0.25) is 0 Å². The summed E-state index contributed by atoms with van der Waals surface area (Å²) in [5.74, 6) is 1.57. The molecule has 0 spiro atoms. The number of fused-ring (bicyclic) bond motifs is 3. The van der Waals surface area contributed by atoms with Gasteiger partial charge in [-0.3, -0.25) is 0 Å². The molecule has 8 rings (SSSR count). The average Bonchev–Trinajstić information content (AvgIpc) is 3.31. The van der Waals surface area contributed by atoms with Gasteiger partial charge in [0.05, 0.1) is 34.1 Å². The Labute approximate surface area is 366 Å². The standard InChI is InChI=1S/C54H57N7O/c1-4-6-8-9-15-35-61-36-16-18-41-38-53(39(3)37-54(41)61)60-59-52-34-33-51(47-21-13-14-22-48(47)52)58-57-50-32-31-49(45-19-11-12-20-46(45)50)56-55-42-25-29-44(30-26-42)62-43-27-23-40(24-28-43)17-10-7-5-2/h11-14,19-34,37-38H,4-10,15-18,35-36H2,1-3H3. The van der Waals surface area contributed by atoms with E-state index < -0.39 is 0 Å². The molecule has 8 heteroatoms. The number of azo groups is 3. The van der Waals surface area contributed by atoms with E-state index in [2.05, 4.69) is 72.3 Å². The van der Waals surface area contributed by atoms with Gasteiger partial charge in [0.1, 0.15) is 11.5 Å². The summed E-state index contributed by atoms with van der Waals surface area (Å²) >= 11 is 0. The summed E-state index contributed by atoms with van der Waals surface area (Å²) in [5.41, 5.74) is 9.97. The minimum atomic E-state index is 0.735. The number of ether oxygens (including phenoxy) is 1. The van der Waals surface area contributed by atoms with Crippen molar-refractivity contribution in [3.8, 4) is 11.5 Å². The van der Waals surface area contributed by atoms with Crippen LogP contribution in [0.5, 0.6) is 11.5 Å². The van der Waals surface area contributed by atoms with Crippen molar-refractivity contribution in [1.82, 2.24) is 0 Å². The topological polar surface area (TPSA) is 86.6 Å². The maximum atomic E-state index is 6.09. The van der Waals surface area contributed by atoms with Crippen molar-refractivity contribution in [2.75, 3.05) is 18.0 Å². The highest BCUT2D eigenvalue weighted by molar-refractivity contribution is 6.01. The Bertz CT molecular complexity index is 2680. The zero-order valence-electron chi connectivity index (χ0n) is 36.4. The zero-order chi connectivity index (χ0) is 42.5. The SMILES string of the molecule is CCCCCCCN1CCCc2cc(N=Nc3ccc(N=Nc4ccc(N=Nc5ccc(Oc6ccc(CCCCC)cc6)cc5)c5ccccc45)c4ccccc34)c(C)cc21. The van der Waals surface area contributed by atoms with Gasteiger partial charge in [0.25, 0.3) is 0 Å². The Morgan fingerprint density at radius 1 is 0.500 bits per heavy atom. The molecular formula is C54H57N7O. The predicted molar refractivity (Wildman–Crippen MR) is 257 cm³/mol. The first kappa shape index (κ1) is 42.2. The van der Waals surface area contributed by atoms with Crippen molar-refractivity contribution in [1.29, 1.82) is 0 Å². The van der Waals surface area contributed by atoms with Gasteiger partial charge in [0, 0.05) is 40.3 Å². The molecule has 1 aliphatic heterocycles. The van der Waals surface area contributed by atoms with Crippen molar-refractivity contribution < 1.29 is 4.74 Å². The summed E-state index contributed by atoms with van der Waals surface area (Å²) in [6.45, 7) is 8.91. The van der Waals surface area contributed by atoms with E-state index in [-0.39, 0.29) is 0 Å². The zero-order valence-corrected chi connectivity index (χ0v) is 36.4. The van der Waals surface area contributed by atoms with E-state index in [1.807, 2.05) is 97.1 Å². The Morgan fingerprint density at radius 2 is 1.00 bits per heavy atom. The summed E-state index contributed by atoms with van der Waals surface area (Å²) in [4.78, 5) is 2.58. The second kappa shape index (κ2) is 20.8. The molecule has 62 heavy (non-hydrogen) atoms. The Balaban J connectivity index is 0.954. The van der Waals surface area contributed by atoms with Crippen LogP contribution in [0.4, 0.5) is 39.8 Å². The molecule has 1 aliphatic rings. The lowest BCUT2D eigenvalue weighted by molar-refractivity contribution is 0.482. The van der Waals surface area contributed by atoms with Crippen molar-refractivity contribution >= 4 is 61.4 Å². The van der Waals surface area contributed by atoms with E-state index in [9.17, 15) is 0 Å². The molecule has 7 aromatic rings. The summed E-state index contributed by atoms with van der Waals surface area (Å²) in [6.07, 6.45) is 13.6. The van der Waals surface area contributed by atoms with Gasteiger partial charge in [-0.25, -0.2) is 0 Å². The highest BCUT2D eigenvalue weighted by Gasteiger charge is 2.18. The predicted octanol–water partition coefficient (Wildman–Crippen LogP) is 17.8. The molecule has 8 nitrogen and oxygen atoms in total. The van der Waals surface area contributed by atoms with Crippen molar-refractivity contribution in [3.63, 3.8) is 0 Å². The molecule has 314 valence electrons. The first-order chi connectivity index (χ1) is 30.6. The van der Waals surface area contributed by atoms with Crippen LogP contribution in [-0.2, 0) is 12.8 Å². The largest absolute Gasteiger partial charge is 0.457 e. The van der Waals surface area contributed by atoms with E-state index in [4.69, 9.17) is 25.2 Å². The first-order valence-corrected chi connectivity index (χ1v) is 22.6. The Hall–Kier alpha value is -6.54. The van der Waals surface area contributed by atoms with Gasteiger partial charge in [-0.05, 0) is 129 Å². The maximum absolute atomic E-state index is 6.09. The molecule has 0 N–H and O–H groups in total. The van der Waals surface area contributed by atoms with Gasteiger partial charge >= 0.3 is 0 Å². The van der Waals surface area contributed by atoms with Gasteiger partial charge in [-0.1, -0.05) is 113 Å². The molecule has 0 atom stereocenters. The highest BCUT2D eigenvalue weighted by atomic mass is 16.5. The minimum absolute atomic E-state index is 0.735. The normalized spacial score (nSPS) is 13.0. The second-order valence-electron chi connectivity index (χ2n) is 16.4. The van der Waals surface area contributed by atoms with Crippen LogP contribution in [0, 0.1) is 6.92 Å². The lowest BCUT2D eigenvalue weighted by atomic mass is 9.98. The number of hydrogen-bond donors (Lipinski definition) is 0. The third kappa shape index (κ3) is 10.5. The lowest BCUT2D eigenvalue weighted by Crippen LogP contribution is -2.30. The first-order valence-electron chi connectivity index (χ1n) is 22.6. The van der Waals surface area contributed by atoms with Crippen LogP contribution < -0.4 is 9.64 Å². The number of aryl methyl sites for hydroxylation is 3. The summed E-state index contributed by atoms with van der Waals surface area (Å²) in [5, 5.41) is 32.2. The monoisotopic (exact) mass is 819 g/mol. The number of hydrogen-bond acceptors (Lipinski definition) is 8. The molecule has 0 aliphatic carbocycles. The quantitative estimate of drug-likeness (QED) is 0.0638. The van der Waals surface area contributed by atoms with Crippen LogP contribution in [0.25, 0.3) is 21.5 Å². The summed E-state index contributed by atoms with van der Waals surface area (Å²) in [6, 6.07) is 44.8. The van der Waals surface area contributed by atoms with Crippen LogP contribution in [-0.4, -0.2) is 13.1 Å². The molecule has 0 saturated carbocycles. The van der Waals surface area contributed by atoms with Crippen LogP contribution >= 0.6 is 0 Å². The summed E-state index contributed by atoms with van der Waals surface area (Å²) < 4.78 is 6.09. The van der Waals surface area contributed by atoms with Crippen molar-refractivity contribution in [2.45, 2.75) is 91.4 Å². The minimum Gasteiger partial charge on any atom is -0.457 e. The number of rotatable bonds is 18. The Kier molecular flexibility index (Phi) is 14.2. The number of benzene rings is 7. The van der Waals surface area contributed by atoms with Crippen molar-refractivity contribution in [2.24, 2.45) is 30.7 Å². The van der Waals surface area contributed by atoms with E-state index >= 15 is 0 Å². The van der Waals surface area contributed by atoms with Gasteiger partial charge in [0.15, 0.2) is 0 Å². The van der Waals surface area contributed by atoms with Crippen LogP contribution in [0.1, 0.15) is 88.3 Å². The molecule has 1 heterocycles. The number of nitrogens with zero attached hydrogens (tertiary/aromatic N) is 7. The van der Waals surface area contributed by atoms with E-state index in [0.717, 1.165) is 98.7 Å². The number of anilines is 1. The molecule has 7 aromatic carbocycles. The molecule has 0 fully saturated rings. The molecule has 0 aromatic heterocycles. The fraction of sp³-hybridized carbons (Fsp3) is 0.296. The Morgan fingerprint density at radius 3 is 1.56 bits per heavy atom. The molecule has 0 amide bonds. The average molecular weight is 820 g/mol. The maximum Gasteiger partial charge on any atom is 0.127 e. The third-order valence-electron chi connectivity index (χ3n) is 11.8. The third-order valence-corrected chi connectivity index (χ3v) is 11.8. The van der Waals surface area contributed by atoms with Crippen molar-refractivity contribution in [3.05, 3.63) is 150 Å². The molecule has 0 unspecified atom stereocenters. The second-order valence-corrected chi connectivity index (χ2v) is 16.4. The molecule has 0 radical (unpaired) electrons. The van der Waals surface area contributed by atoms with Gasteiger partial charge in [0.2, 0.25) is 0 Å². The van der Waals surface area contributed by atoms with Crippen LogP contribution in [0.15, 0.2) is 164 Å². The fourth-order valence-electron chi connectivity index (χ4n) is 8.28. The molecule has 0 bridgehead atoms. The molecular weight excluding hydrogens is 763 g/mol. The van der Waals surface area contributed by atoms with Gasteiger partial charge < -0.3 is 9.64 Å². The smallest absolute Gasteiger partial charge is 0.127 e. The molecule has 0 saturated heterocycles. The van der Waals surface area contributed by atoms with E-state index in [1.54, 1.807) is 0 Å². The van der Waals surface area contributed by atoms with E-state index in [0.29, 0.717) is 0 Å². The fourth-order valence-corrected chi connectivity index (χ4v) is 8.28. The van der Waals surface area contributed by atoms with Crippen LogP contribution in [0.3, 0.4) is 0 Å².